The van der Waals surface area contributed by atoms with Crippen molar-refractivity contribution in [3.05, 3.63) is 35.7 Å². The van der Waals surface area contributed by atoms with Crippen molar-refractivity contribution in [3.8, 4) is 17.6 Å². The average molecular weight is 344 g/mol. The number of ether oxygens (including phenoxy) is 1. The Bertz CT molecular complexity index is 718. The lowest BCUT2D eigenvalue weighted by Crippen LogP contribution is -2.29. The van der Waals surface area contributed by atoms with Gasteiger partial charge in [-0.15, -0.1) is 0 Å². The second-order valence-electron chi connectivity index (χ2n) is 5.54. The van der Waals surface area contributed by atoms with E-state index in [-0.39, 0.29) is 24.2 Å². The van der Waals surface area contributed by atoms with Crippen LogP contribution < -0.4 is 5.32 Å². The quantitative estimate of drug-likeness (QED) is 0.551. The Morgan fingerprint density at radius 1 is 1.40 bits per heavy atom. The van der Waals surface area contributed by atoms with Gasteiger partial charge in [0.2, 0.25) is 0 Å². The first-order valence-corrected chi connectivity index (χ1v) is 8.00. The Labute approximate surface area is 145 Å². The summed E-state index contributed by atoms with van der Waals surface area (Å²) in [4.78, 5) is 25.9. The molecule has 3 N–H and O–H groups in total. The largest absolute Gasteiger partial charge is 0.505 e. The molecule has 0 unspecified atom stereocenters. The number of aromatic nitrogens is 1. The fourth-order valence-corrected chi connectivity index (χ4v) is 2.33. The number of aromatic hydroxyl groups is 1. The van der Waals surface area contributed by atoms with Crippen molar-refractivity contribution in [3.63, 3.8) is 0 Å². The number of allylic oxidation sites excluding steroid dienone is 1. The van der Waals surface area contributed by atoms with Gasteiger partial charge < -0.3 is 20.3 Å². The first kappa shape index (κ1) is 18.5. The highest BCUT2D eigenvalue weighted by Crippen LogP contribution is 2.16. The zero-order chi connectivity index (χ0) is 18.1. The average Bonchev–Trinajstić information content (AvgIpc) is 2.85. The summed E-state index contributed by atoms with van der Waals surface area (Å²) in [6.07, 6.45) is 9.91. The number of hydrogen-bond acceptors (Lipinski definition) is 5. The first-order valence-electron chi connectivity index (χ1n) is 8.00. The molecule has 1 aliphatic carbocycles. The minimum absolute atomic E-state index is 0.180. The topological polar surface area (TPSA) is 109 Å². The Morgan fingerprint density at radius 2 is 2.24 bits per heavy atom. The van der Waals surface area contributed by atoms with Crippen molar-refractivity contribution in [2.75, 3.05) is 13.2 Å². The number of nitrogens with zero attached hydrogens (tertiary/aromatic N) is 1. The van der Waals surface area contributed by atoms with E-state index in [1.165, 1.54) is 12.3 Å². The number of carboxylic acid groups (broad SMARTS) is 1. The Kier molecular flexibility index (Phi) is 6.99. The van der Waals surface area contributed by atoms with Crippen LogP contribution in [0.15, 0.2) is 24.4 Å². The number of rotatable bonds is 5. The third-order valence-corrected chi connectivity index (χ3v) is 3.57. The third-order valence-electron chi connectivity index (χ3n) is 3.57. The summed E-state index contributed by atoms with van der Waals surface area (Å²) >= 11 is 0. The first-order chi connectivity index (χ1) is 12.1. The lowest BCUT2D eigenvalue weighted by molar-refractivity contribution is -0.135. The maximum atomic E-state index is 11.7. The predicted octanol–water partition coefficient (Wildman–Crippen LogP) is 1.47. The molecule has 1 amide bonds. The molecule has 0 saturated heterocycles. The van der Waals surface area contributed by atoms with Gasteiger partial charge in [-0.05, 0) is 31.7 Å². The summed E-state index contributed by atoms with van der Waals surface area (Å²) in [6.45, 7) is -0.269. The zero-order valence-electron chi connectivity index (χ0n) is 13.7. The van der Waals surface area contributed by atoms with Crippen molar-refractivity contribution >= 4 is 11.9 Å². The molecule has 7 nitrogen and oxygen atoms in total. The van der Waals surface area contributed by atoms with Gasteiger partial charge in [-0.2, -0.15) is 0 Å². The molecule has 1 heterocycles. The lowest BCUT2D eigenvalue weighted by Gasteiger charge is -2.11. The van der Waals surface area contributed by atoms with E-state index in [0.717, 1.165) is 25.7 Å². The number of nitrogens with one attached hydrogen (secondary N) is 1. The molecule has 0 fully saturated rings. The van der Waals surface area contributed by atoms with E-state index in [0.29, 0.717) is 5.56 Å². The molecule has 1 atom stereocenters. The van der Waals surface area contributed by atoms with Gasteiger partial charge in [0, 0.05) is 11.8 Å². The van der Waals surface area contributed by atoms with Gasteiger partial charge in [-0.25, -0.2) is 4.98 Å². The standard InChI is InChI=1S/C18H20N2O5/c21-15-10-13(11-19-17(15)18(24)20-12-16(22)23)6-5-9-25-14-7-3-1-2-4-8-14/h1,3,10-11,14,21H,2,4,7-9,12H2,(H,20,24)(H,22,23)/t14-/m0/s1. The lowest BCUT2D eigenvalue weighted by atomic mass is 10.1. The molecule has 0 radical (unpaired) electrons. The third kappa shape index (κ3) is 6.28. The molecule has 7 heteroatoms. The number of carbonyl (C=O) groups excluding carboxylic acids is 1. The van der Waals surface area contributed by atoms with Crippen LogP contribution >= 0.6 is 0 Å². The molecule has 0 saturated carbocycles. The molecule has 0 aliphatic heterocycles. The summed E-state index contributed by atoms with van der Waals surface area (Å²) in [5.41, 5.74) is 0.199. The highest BCUT2D eigenvalue weighted by Gasteiger charge is 2.14. The van der Waals surface area contributed by atoms with Gasteiger partial charge in [0.1, 0.15) is 18.9 Å². The number of pyridine rings is 1. The van der Waals surface area contributed by atoms with Crippen molar-refractivity contribution in [1.82, 2.24) is 10.3 Å². The number of hydrogen-bond donors (Lipinski definition) is 3. The van der Waals surface area contributed by atoms with Gasteiger partial charge in [-0.3, -0.25) is 9.59 Å². The van der Waals surface area contributed by atoms with Crippen LogP contribution in [0.5, 0.6) is 5.75 Å². The van der Waals surface area contributed by atoms with Crippen LogP contribution in [0.3, 0.4) is 0 Å². The molecule has 25 heavy (non-hydrogen) atoms. The Balaban J connectivity index is 1.89. The second kappa shape index (κ2) is 9.45. The highest BCUT2D eigenvalue weighted by atomic mass is 16.5. The molecule has 132 valence electrons. The van der Waals surface area contributed by atoms with E-state index in [4.69, 9.17) is 9.84 Å². The molecular formula is C18H20N2O5. The minimum atomic E-state index is -1.18. The van der Waals surface area contributed by atoms with Gasteiger partial charge in [0.15, 0.2) is 5.69 Å². The zero-order valence-corrected chi connectivity index (χ0v) is 13.7. The van der Waals surface area contributed by atoms with Gasteiger partial charge >= 0.3 is 5.97 Å². The number of amides is 1. The monoisotopic (exact) mass is 344 g/mol. The molecule has 2 rings (SSSR count). The van der Waals surface area contributed by atoms with Gasteiger partial charge in [-0.1, -0.05) is 24.0 Å². The predicted molar refractivity (Wildman–Crippen MR) is 90.1 cm³/mol. The second-order valence-corrected chi connectivity index (χ2v) is 5.54. The van der Waals surface area contributed by atoms with Gasteiger partial charge in [0.05, 0.1) is 6.10 Å². The van der Waals surface area contributed by atoms with Crippen LogP contribution in [0, 0.1) is 11.8 Å². The van der Waals surface area contributed by atoms with Gasteiger partial charge in [0.25, 0.3) is 5.91 Å². The van der Waals surface area contributed by atoms with E-state index in [9.17, 15) is 14.7 Å². The Hall–Kier alpha value is -2.85. The fraction of sp³-hybridized carbons (Fsp3) is 0.389. The summed E-state index contributed by atoms with van der Waals surface area (Å²) in [5.74, 6) is 3.38. The van der Waals surface area contributed by atoms with Crippen LogP contribution in [0.25, 0.3) is 0 Å². The number of carbonyl (C=O) groups is 2. The normalized spacial score (nSPS) is 16.4. The summed E-state index contributed by atoms with van der Waals surface area (Å²) in [5, 5.41) is 20.5. The van der Waals surface area contributed by atoms with Crippen LogP contribution in [0.2, 0.25) is 0 Å². The maximum absolute atomic E-state index is 11.7. The number of carboxylic acids is 1. The van der Waals surface area contributed by atoms with Crippen LogP contribution in [0.1, 0.15) is 41.7 Å². The maximum Gasteiger partial charge on any atom is 0.322 e. The summed E-state index contributed by atoms with van der Waals surface area (Å²) in [7, 11) is 0. The van der Waals surface area contributed by atoms with E-state index in [1.54, 1.807) is 0 Å². The van der Waals surface area contributed by atoms with Crippen LogP contribution in [-0.2, 0) is 9.53 Å². The molecule has 1 aliphatic rings. The van der Waals surface area contributed by atoms with Crippen molar-refractivity contribution < 1.29 is 24.5 Å². The van der Waals surface area contributed by atoms with Crippen LogP contribution in [-0.4, -0.2) is 46.3 Å². The van der Waals surface area contributed by atoms with E-state index in [1.807, 2.05) is 0 Å². The molecule has 1 aromatic rings. The molecule has 0 spiro atoms. The molecular weight excluding hydrogens is 324 g/mol. The van der Waals surface area contributed by atoms with Crippen LogP contribution in [0.4, 0.5) is 0 Å². The van der Waals surface area contributed by atoms with E-state index in [2.05, 4.69) is 34.3 Å². The smallest absolute Gasteiger partial charge is 0.322 e. The van der Waals surface area contributed by atoms with Crippen molar-refractivity contribution in [2.24, 2.45) is 0 Å². The highest BCUT2D eigenvalue weighted by molar-refractivity contribution is 5.96. The van der Waals surface area contributed by atoms with Crippen molar-refractivity contribution in [1.29, 1.82) is 0 Å². The Morgan fingerprint density at radius 3 is 3.00 bits per heavy atom. The molecule has 0 bridgehead atoms. The SMILES string of the molecule is O=C(O)CNC(=O)c1ncc(C#CCO[C@H]2CC=CCCC2)cc1O. The number of aliphatic carboxylic acids is 1. The van der Waals surface area contributed by atoms with E-state index >= 15 is 0 Å². The van der Waals surface area contributed by atoms with Crippen molar-refractivity contribution in [2.45, 2.75) is 31.8 Å². The summed E-state index contributed by atoms with van der Waals surface area (Å²) in [6, 6.07) is 1.31. The molecule has 0 aromatic carbocycles. The van der Waals surface area contributed by atoms with E-state index < -0.39 is 18.4 Å². The summed E-state index contributed by atoms with van der Waals surface area (Å²) < 4.78 is 5.70. The molecule has 1 aromatic heterocycles. The minimum Gasteiger partial charge on any atom is -0.505 e. The fourth-order valence-electron chi connectivity index (χ4n) is 2.33.